The third-order valence-corrected chi connectivity index (χ3v) is 3.26. The van der Waals surface area contributed by atoms with E-state index in [-0.39, 0.29) is 13.2 Å². The van der Waals surface area contributed by atoms with Crippen LogP contribution in [0.3, 0.4) is 0 Å². The highest BCUT2D eigenvalue weighted by Crippen LogP contribution is 2.32. The highest BCUT2D eigenvalue weighted by Gasteiger charge is 2.10. The van der Waals surface area contributed by atoms with E-state index in [1.165, 1.54) is 0 Å². The van der Waals surface area contributed by atoms with E-state index in [1.54, 1.807) is 0 Å². The Morgan fingerprint density at radius 1 is 1.15 bits per heavy atom. The first-order chi connectivity index (χ1) is 9.79. The molecule has 0 amide bonds. The molecule has 4 nitrogen and oxygen atoms in total. The Morgan fingerprint density at radius 3 is 2.80 bits per heavy atom. The normalized spacial score (nSPS) is 12.7. The molecule has 3 rings (SSSR count). The molecule has 1 aromatic heterocycles. The second kappa shape index (κ2) is 5.35. The Kier molecular flexibility index (Phi) is 3.39. The summed E-state index contributed by atoms with van der Waals surface area (Å²) < 4.78 is 5.74. The van der Waals surface area contributed by atoms with Crippen molar-refractivity contribution in [3.05, 3.63) is 42.5 Å². The van der Waals surface area contributed by atoms with Crippen LogP contribution in [0, 0.1) is 0 Å². The number of aliphatic hydroxyl groups excluding tert-OH is 1. The Balaban J connectivity index is 2.00. The highest BCUT2D eigenvalue weighted by molar-refractivity contribution is 6.10. The van der Waals surface area contributed by atoms with Crippen molar-refractivity contribution < 1.29 is 9.84 Å². The van der Waals surface area contributed by atoms with Gasteiger partial charge in [0.1, 0.15) is 18.5 Å². The van der Waals surface area contributed by atoms with Crippen molar-refractivity contribution in [3.63, 3.8) is 0 Å². The summed E-state index contributed by atoms with van der Waals surface area (Å²) in [6.07, 6.45) is -0.632. The molecule has 1 atom stereocenters. The number of benzene rings is 2. The number of aromatic amines is 1. The number of nitrogens with zero attached hydrogens (tertiary/aromatic N) is 1. The van der Waals surface area contributed by atoms with Crippen molar-refractivity contribution in [2.24, 2.45) is 4.99 Å². The van der Waals surface area contributed by atoms with Crippen LogP contribution in [0.1, 0.15) is 0 Å². The molecule has 1 heterocycles. The minimum Gasteiger partial charge on any atom is -0.490 e. The molecule has 0 radical (unpaired) electrons. The standard InChI is InChI=1S/C16H16N2O2/c1-17-9-11(19)10-20-15-8-4-7-14-16(15)12-5-2-3-6-13(12)18-14/h2-8,11,18-19H,1,9-10H2/t11-/m0/s1. The van der Waals surface area contributed by atoms with Crippen LogP contribution in [-0.4, -0.2) is 36.1 Å². The molecule has 0 unspecified atom stereocenters. The number of rotatable bonds is 5. The number of para-hydroxylation sites is 1. The zero-order chi connectivity index (χ0) is 13.9. The number of nitrogens with one attached hydrogen (secondary N) is 1. The zero-order valence-corrected chi connectivity index (χ0v) is 11.0. The number of hydrogen-bond donors (Lipinski definition) is 2. The molecule has 3 aromatic rings. The first-order valence-electron chi connectivity index (χ1n) is 6.52. The van der Waals surface area contributed by atoms with Crippen LogP contribution in [0.4, 0.5) is 0 Å². The highest BCUT2D eigenvalue weighted by atomic mass is 16.5. The molecule has 102 valence electrons. The van der Waals surface area contributed by atoms with Crippen molar-refractivity contribution in [1.29, 1.82) is 0 Å². The fourth-order valence-electron chi connectivity index (χ4n) is 2.38. The first kappa shape index (κ1) is 12.7. The van der Waals surface area contributed by atoms with Gasteiger partial charge in [0.25, 0.3) is 0 Å². The first-order valence-corrected chi connectivity index (χ1v) is 6.52. The summed E-state index contributed by atoms with van der Waals surface area (Å²) in [4.78, 5) is 7.02. The van der Waals surface area contributed by atoms with Gasteiger partial charge in [-0.05, 0) is 24.9 Å². The molecule has 4 heteroatoms. The Labute approximate surface area is 116 Å². The van der Waals surface area contributed by atoms with E-state index in [9.17, 15) is 5.11 Å². The minimum atomic E-state index is -0.632. The monoisotopic (exact) mass is 268 g/mol. The van der Waals surface area contributed by atoms with Crippen molar-refractivity contribution in [3.8, 4) is 5.75 Å². The summed E-state index contributed by atoms with van der Waals surface area (Å²) in [5.74, 6) is 0.767. The van der Waals surface area contributed by atoms with Crippen LogP contribution in [0.25, 0.3) is 21.8 Å². The Hall–Kier alpha value is -2.33. The lowest BCUT2D eigenvalue weighted by Crippen LogP contribution is -2.20. The number of H-pyrrole nitrogens is 1. The number of aliphatic imine (C=N–C) groups is 1. The van der Waals surface area contributed by atoms with Crippen LogP contribution in [0.15, 0.2) is 47.5 Å². The topological polar surface area (TPSA) is 57.6 Å². The van der Waals surface area contributed by atoms with Crippen molar-refractivity contribution in [2.45, 2.75) is 6.10 Å². The maximum Gasteiger partial charge on any atom is 0.129 e. The Morgan fingerprint density at radius 2 is 1.95 bits per heavy atom. The smallest absolute Gasteiger partial charge is 0.129 e. The van der Waals surface area contributed by atoms with Gasteiger partial charge < -0.3 is 14.8 Å². The Bertz CT molecular complexity index is 748. The van der Waals surface area contributed by atoms with Crippen molar-refractivity contribution in [1.82, 2.24) is 4.98 Å². The van der Waals surface area contributed by atoms with Gasteiger partial charge in [-0.25, -0.2) is 0 Å². The van der Waals surface area contributed by atoms with Crippen LogP contribution >= 0.6 is 0 Å². The lowest BCUT2D eigenvalue weighted by atomic mass is 10.1. The second-order valence-electron chi connectivity index (χ2n) is 4.72. The molecule has 0 bridgehead atoms. The van der Waals surface area contributed by atoms with Crippen molar-refractivity contribution >= 4 is 28.5 Å². The predicted molar refractivity (Wildman–Crippen MR) is 81.7 cm³/mol. The molecule has 0 fully saturated rings. The van der Waals surface area contributed by atoms with E-state index in [1.807, 2.05) is 36.4 Å². The van der Waals surface area contributed by atoms with Gasteiger partial charge in [-0.3, -0.25) is 4.99 Å². The number of aromatic nitrogens is 1. The molecule has 20 heavy (non-hydrogen) atoms. The van der Waals surface area contributed by atoms with E-state index >= 15 is 0 Å². The van der Waals surface area contributed by atoms with Crippen LogP contribution in [-0.2, 0) is 0 Å². The van der Waals surface area contributed by atoms with Gasteiger partial charge in [0.2, 0.25) is 0 Å². The van der Waals surface area contributed by atoms with E-state index in [0.29, 0.717) is 0 Å². The van der Waals surface area contributed by atoms with E-state index < -0.39 is 6.10 Å². The largest absolute Gasteiger partial charge is 0.490 e. The number of fused-ring (bicyclic) bond motifs is 3. The third kappa shape index (κ3) is 2.26. The van der Waals surface area contributed by atoms with Gasteiger partial charge in [0.15, 0.2) is 0 Å². The minimum absolute atomic E-state index is 0.206. The molecule has 0 aliphatic rings. The van der Waals surface area contributed by atoms with Gasteiger partial charge in [0.05, 0.1) is 12.1 Å². The van der Waals surface area contributed by atoms with Gasteiger partial charge in [0, 0.05) is 16.3 Å². The molecule has 0 saturated heterocycles. The summed E-state index contributed by atoms with van der Waals surface area (Å²) >= 11 is 0. The van der Waals surface area contributed by atoms with Crippen molar-refractivity contribution in [2.75, 3.05) is 13.2 Å². The SMILES string of the molecule is C=NC[C@H](O)COc1cccc2[nH]c3ccccc3c12. The maximum absolute atomic E-state index is 9.68. The molecule has 2 N–H and O–H groups in total. The molecule has 2 aromatic carbocycles. The van der Waals surface area contributed by atoms with Crippen LogP contribution in [0.5, 0.6) is 5.75 Å². The third-order valence-electron chi connectivity index (χ3n) is 3.26. The average molecular weight is 268 g/mol. The predicted octanol–water partition coefficient (Wildman–Crippen LogP) is 2.76. The lowest BCUT2D eigenvalue weighted by molar-refractivity contribution is 0.115. The molecule has 0 aliphatic carbocycles. The molecule has 0 saturated carbocycles. The van der Waals surface area contributed by atoms with Gasteiger partial charge in [-0.2, -0.15) is 0 Å². The molecular weight excluding hydrogens is 252 g/mol. The summed E-state index contributed by atoms with van der Waals surface area (Å²) in [5.41, 5.74) is 2.10. The lowest BCUT2D eigenvalue weighted by Gasteiger charge is -2.11. The summed E-state index contributed by atoms with van der Waals surface area (Å²) in [6.45, 7) is 3.86. The second-order valence-corrected chi connectivity index (χ2v) is 4.72. The van der Waals surface area contributed by atoms with Crippen LogP contribution in [0.2, 0.25) is 0 Å². The quantitative estimate of drug-likeness (QED) is 0.699. The number of ether oxygens (including phenoxy) is 1. The average Bonchev–Trinajstić information content (AvgIpc) is 2.84. The summed E-state index contributed by atoms with van der Waals surface area (Å²) in [5, 5.41) is 11.8. The summed E-state index contributed by atoms with van der Waals surface area (Å²) in [7, 11) is 0. The molecule has 0 aliphatic heterocycles. The van der Waals surface area contributed by atoms with Gasteiger partial charge >= 0.3 is 0 Å². The van der Waals surface area contributed by atoms with Gasteiger partial charge in [-0.15, -0.1) is 0 Å². The fraction of sp³-hybridized carbons (Fsp3) is 0.188. The number of aliphatic hydroxyl groups is 1. The van der Waals surface area contributed by atoms with Crippen LogP contribution < -0.4 is 4.74 Å². The fourth-order valence-corrected chi connectivity index (χ4v) is 2.38. The van der Waals surface area contributed by atoms with Gasteiger partial charge in [-0.1, -0.05) is 24.3 Å². The van der Waals surface area contributed by atoms with E-state index in [4.69, 9.17) is 4.74 Å². The number of hydrogen-bond acceptors (Lipinski definition) is 3. The van der Waals surface area contributed by atoms with E-state index in [0.717, 1.165) is 27.6 Å². The van der Waals surface area contributed by atoms with E-state index in [2.05, 4.69) is 22.8 Å². The molecule has 0 spiro atoms. The maximum atomic E-state index is 9.68. The summed E-state index contributed by atoms with van der Waals surface area (Å²) in [6, 6.07) is 14.0. The zero-order valence-electron chi connectivity index (χ0n) is 11.0. The molecular formula is C16H16N2O2.